The summed E-state index contributed by atoms with van der Waals surface area (Å²) in [6.07, 6.45) is 1.73. The molecule has 4 heteroatoms. The van der Waals surface area contributed by atoms with Crippen LogP contribution in [-0.2, 0) is 4.79 Å². The number of carbonyl (C=O) groups is 1. The van der Waals surface area contributed by atoms with E-state index in [1.54, 1.807) is 7.11 Å². The number of para-hydroxylation sites is 1. The lowest BCUT2D eigenvalue weighted by Crippen LogP contribution is -2.31. The van der Waals surface area contributed by atoms with Gasteiger partial charge in [-0.1, -0.05) is 19.1 Å². The van der Waals surface area contributed by atoms with Crippen LogP contribution >= 0.6 is 11.8 Å². The highest BCUT2D eigenvalue weighted by Crippen LogP contribution is 2.38. The molecule has 18 heavy (non-hydrogen) atoms. The standard InChI is InChI=1S/C14H18O3S/c1-10(6-7-15)12-4-3-5-13(16-2)14(12)17-11-8-18-9-11/h3-5,7,10-11H,6,8-9H2,1-2H3. The van der Waals surface area contributed by atoms with E-state index in [1.165, 1.54) is 0 Å². The van der Waals surface area contributed by atoms with Crippen molar-refractivity contribution >= 4 is 18.0 Å². The third-order valence-electron chi connectivity index (χ3n) is 3.10. The topological polar surface area (TPSA) is 35.5 Å². The number of methoxy groups -OCH3 is 1. The minimum absolute atomic E-state index is 0.153. The molecular weight excluding hydrogens is 248 g/mol. The van der Waals surface area contributed by atoms with Gasteiger partial charge in [0.05, 0.1) is 7.11 Å². The lowest BCUT2D eigenvalue weighted by atomic mass is 9.97. The van der Waals surface area contributed by atoms with Crippen LogP contribution in [0.1, 0.15) is 24.8 Å². The second kappa shape index (κ2) is 6.14. The third-order valence-corrected chi connectivity index (χ3v) is 4.32. The van der Waals surface area contributed by atoms with Crippen molar-refractivity contribution in [3.05, 3.63) is 23.8 Å². The summed E-state index contributed by atoms with van der Waals surface area (Å²) in [7, 11) is 1.64. The zero-order valence-electron chi connectivity index (χ0n) is 10.7. The highest BCUT2D eigenvalue weighted by atomic mass is 32.2. The van der Waals surface area contributed by atoms with Crippen molar-refractivity contribution in [3.8, 4) is 11.5 Å². The molecule has 0 radical (unpaired) electrons. The minimum Gasteiger partial charge on any atom is -0.493 e. The Labute approximate surface area is 112 Å². The zero-order valence-corrected chi connectivity index (χ0v) is 11.5. The lowest BCUT2D eigenvalue weighted by Gasteiger charge is -2.28. The minimum atomic E-state index is 0.153. The molecule has 1 saturated heterocycles. The predicted octanol–water partition coefficient (Wildman–Crippen LogP) is 2.88. The average molecular weight is 266 g/mol. The van der Waals surface area contributed by atoms with Crippen LogP contribution in [0.4, 0.5) is 0 Å². The normalized spacial score (nSPS) is 16.8. The molecule has 0 aromatic heterocycles. The molecule has 2 rings (SSSR count). The number of aldehydes is 1. The van der Waals surface area contributed by atoms with Gasteiger partial charge in [-0.2, -0.15) is 11.8 Å². The van der Waals surface area contributed by atoms with Gasteiger partial charge in [0.1, 0.15) is 12.4 Å². The number of benzene rings is 1. The SMILES string of the molecule is COc1cccc(C(C)CC=O)c1OC1CSC1. The van der Waals surface area contributed by atoms with Gasteiger partial charge in [0.25, 0.3) is 0 Å². The molecule has 1 heterocycles. The van der Waals surface area contributed by atoms with E-state index < -0.39 is 0 Å². The van der Waals surface area contributed by atoms with Gasteiger partial charge in [0.15, 0.2) is 11.5 Å². The number of carbonyl (C=O) groups excluding carboxylic acids is 1. The monoisotopic (exact) mass is 266 g/mol. The van der Waals surface area contributed by atoms with Crippen molar-refractivity contribution in [1.82, 2.24) is 0 Å². The second-order valence-electron chi connectivity index (χ2n) is 4.46. The first kappa shape index (κ1) is 13.3. The van der Waals surface area contributed by atoms with Crippen molar-refractivity contribution in [3.63, 3.8) is 0 Å². The summed E-state index contributed by atoms with van der Waals surface area (Å²) >= 11 is 1.88. The van der Waals surface area contributed by atoms with E-state index in [1.807, 2.05) is 36.9 Å². The Morgan fingerprint density at radius 1 is 1.50 bits per heavy atom. The van der Waals surface area contributed by atoms with Gasteiger partial charge in [0.2, 0.25) is 0 Å². The summed E-state index contributed by atoms with van der Waals surface area (Å²) in [5.74, 6) is 3.76. The molecule has 0 N–H and O–H groups in total. The Balaban J connectivity index is 2.27. The maximum absolute atomic E-state index is 10.7. The number of hydrogen-bond donors (Lipinski definition) is 0. The van der Waals surface area contributed by atoms with Crippen molar-refractivity contribution in [2.75, 3.05) is 18.6 Å². The molecule has 98 valence electrons. The fourth-order valence-electron chi connectivity index (χ4n) is 1.93. The summed E-state index contributed by atoms with van der Waals surface area (Å²) in [4.78, 5) is 10.7. The van der Waals surface area contributed by atoms with Crippen LogP contribution in [0, 0.1) is 0 Å². The Morgan fingerprint density at radius 2 is 2.28 bits per heavy atom. The molecule has 1 aromatic carbocycles. The molecule has 1 aliphatic heterocycles. The average Bonchev–Trinajstić information content (AvgIpc) is 2.33. The summed E-state index contributed by atoms with van der Waals surface area (Å²) in [5, 5.41) is 0. The molecule has 3 nitrogen and oxygen atoms in total. The molecular formula is C14H18O3S. The lowest BCUT2D eigenvalue weighted by molar-refractivity contribution is -0.108. The van der Waals surface area contributed by atoms with Crippen molar-refractivity contribution in [2.24, 2.45) is 0 Å². The summed E-state index contributed by atoms with van der Waals surface area (Å²) < 4.78 is 11.4. The van der Waals surface area contributed by atoms with Gasteiger partial charge in [-0.05, 0) is 12.0 Å². The quantitative estimate of drug-likeness (QED) is 0.742. The maximum Gasteiger partial charge on any atom is 0.165 e. The highest BCUT2D eigenvalue weighted by Gasteiger charge is 2.24. The molecule has 1 unspecified atom stereocenters. The Bertz CT molecular complexity index is 416. The summed E-state index contributed by atoms with van der Waals surface area (Å²) in [5.41, 5.74) is 1.05. The highest BCUT2D eigenvalue weighted by molar-refractivity contribution is 8.00. The van der Waals surface area contributed by atoms with Crippen LogP contribution in [-0.4, -0.2) is 31.0 Å². The number of hydrogen-bond acceptors (Lipinski definition) is 4. The Hall–Kier alpha value is -1.16. The van der Waals surface area contributed by atoms with E-state index >= 15 is 0 Å². The van der Waals surface area contributed by atoms with E-state index in [0.717, 1.165) is 34.9 Å². The van der Waals surface area contributed by atoms with Gasteiger partial charge in [-0.15, -0.1) is 0 Å². The maximum atomic E-state index is 10.7. The molecule has 1 aliphatic rings. The molecule has 1 atom stereocenters. The fraction of sp³-hybridized carbons (Fsp3) is 0.500. The van der Waals surface area contributed by atoms with E-state index in [0.29, 0.717) is 6.42 Å². The zero-order chi connectivity index (χ0) is 13.0. The Morgan fingerprint density at radius 3 is 2.83 bits per heavy atom. The molecule has 0 saturated carbocycles. The van der Waals surface area contributed by atoms with Crippen LogP contribution in [0.5, 0.6) is 11.5 Å². The number of ether oxygens (including phenoxy) is 2. The van der Waals surface area contributed by atoms with E-state index in [9.17, 15) is 4.79 Å². The van der Waals surface area contributed by atoms with Crippen molar-refractivity contribution in [2.45, 2.75) is 25.4 Å². The van der Waals surface area contributed by atoms with Gasteiger partial charge in [0, 0.05) is 23.5 Å². The molecule has 1 fully saturated rings. The predicted molar refractivity (Wildman–Crippen MR) is 73.8 cm³/mol. The number of thioether (sulfide) groups is 1. The van der Waals surface area contributed by atoms with E-state index in [-0.39, 0.29) is 12.0 Å². The smallest absolute Gasteiger partial charge is 0.165 e. The van der Waals surface area contributed by atoms with E-state index in [2.05, 4.69) is 0 Å². The molecule has 0 aliphatic carbocycles. The van der Waals surface area contributed by atoms with Crippen LogP contribution in [0.3, 0.4) is 0 Å². The molecule has 0 amide bonds. The Kier molecular flexibility index (Phi) is 4.53. The van der Waals surface area contributed by atoms with Crippen LogP contribution in [0.15, 0.2) is 18.2 Å². The summed E-state index contributed by atoms with van der Waals surface area (Å²) in [6, 6.07) is 5.86. The van der Waals surface area contributed by atoms with Gasteiger partial charge in [-0.3, -0.25) is 0 Å². The van der Waals surface area contributed by atoms with Gasteiger partial charge in [-0.25, -0.2) is 0 Å². The van der Waals surface area contributed by atoms with Crippen LogP contribution in [0.25, 0.3) is 0 Å². The van der Waals surface area contributed by atoms with Crippen molar-refractivity contribution in [1.29, 1.82) is 0 Å². The first-order valence-corrected chi connectivity index (χ1v) is 7.26. The second-order valence-corrected chi connectivity index (χ2v) is 5.53. The molecule has 0 bridgehead atoms. The van der Waals surface area contributed by atoms with Crippen molar-refractivity contribution < 1.29 is 14.3 Å². The molecule has 0 spiro atoms. The van der Waals surface area contributed by atoms with Crippen LogP contribution in [0.2, 0.25) is 0 Å². The van der Waals surface area contributed by atoms with E-state index in [4.69, 9.17) is 9.47 Å². The van der Waals surface area contributed by atoms with Gasteiger partial charge < -0.3 is 14.3 Å². The van der Waals surface area contributed by atoms with Crippen LogP contribution < -0.4 is 9.47 Å². The first-order chi connectivity index (χ1) is 8.76. The fourth-order valence-corrected chi connectivity index (χ4v) is 2.49. The first-order valence-electron chi connectivity index (χ1n) is 6.11. The van der Waals surface area contributed by atoms with Gasteiger partial charge >= 0.3 is 0 Å². The molecule has 1 aromatic rings. The third kappa shape index (κ3) is 2.80. The number of rotatable bonds is 6. The largest absolute Gasteiger partial charge is 0.493 e. The summed E-state index contributed by atoms with van der Waals surface area (Å²) in [6.45, 7) is 2.03.